The number of nitrogens with one attached hydrogen (secondary N) is 1. The molecule has 8 nitrogen and oxygen atoms in total. The maximum atomic E-state index is 12.6. The van der Waals surface area contributed by atoms with Crippen molar-refractivity contribution in [1.82, 2.24) is 10.2 Å². The third-order valence-electron chi connectivity index (χ3n) is 4.37. The van der Waals surface area contributed by atoms with E-state index in [2.05, 4.69) is 12.2 Å². The number of benzene rings is 1. The van der Waals surface area contributed by atoms with Crippen LogP contribution in [0.4, 0.5) is 10.5 Å². The summed E-state index contributed by atoms with van der Waals surface area (Å²) in [4.78, 5) is 36.7. The minimum Gasteiger partial charge on any atom is -0.462 e. The lowest BCUT2D eigenvalue weighted by Crippen LogP contribution is -2.46. The van der Waals surface area contributed by atoms with Gasteiger partial charge in [0.2, 0.25) is 0 Å². The molecule has 2 amide bonds. The molecule has 0 saturated heterocycles. The number of esters is 1. The summed E-state index contributed by atoms with van der Waals surface area (Å²) in [6.45, 7) is 4.01. The van der Waals surface area contributed by atoms with Crippen molar-refractivity contribution in [3.8, 4) is 0 Å². The SMILES string of the molecule is CCCCCOC(=O)C1=C(C)N(C)C(=O)NC1c1cccc([N+](=O)[O-])c1. The van der Waals surface area contributed by atoms with Crippen molar-refractivity contribution in [3.05, 3.63) is 51.2 Å². The highest BCUT2D eigenvalue weighted by Gasteiger charge is 2.35. The molecule has 0 saturated carbocycles. The van der Waals surface area contributed by atoms with E-state index in [1.165, 1.54) is 23.1 Å². The first-order chi connectivity index (χ1) is 12.4. The largest absolute Gasteiger partial charge is 0.462 e. The number of urea groups is 1. The number of hydrogen-bond donors (Lipinski definition) is 1. The van der Waals surface area contributed by atoms with E-state index in [1.54, 1.807) is 20.0 Å². The summed E-state index contributed by atoms with van der Waals surface area (Å²) >= 11 is 0. The van der Waals surface area contributed by atoms with E-state index in [0.717, 1.165) is 19.3 Å². The van der Waals surface area contributed by atoms with Crippen molar-refractivity contribution < 1.29 is 19.2 Å². The van der Waals surface area contributed by atoms with Gasteiger partial charge >= 0.3 is 12.0 Å². The van der Waals surface area contributed by atoms with Crippen molar-refractivity contribution in [2.75, 3.05) is 13.7 Å². The van der Waals surface area contributed by atoms with Crippen molar-refractivity contribution >= 4 is 17.7 Å². The third-order valence-corrected chi connectivity index (χ3v) is 4.37. The monoisotopic (exact) mass is 361 g/mol. The van der Waals surface area contributed by atoms with E-state index < -0.39 is 16.9 Å². The van der Waals surface area contributed by atoms with Gasteiger partial charge in [-0.3, -0.25) is 10.1 Å². The molecular formula is C18H23N3O5. The minimum atomic E-state index is -0.794. The molecule has 0 bridgehead atoms. The molecule has 1 unspecified atom stereocenters. The Labute approximate surface area is 152 Å². The highest BCUT2D eigenvalue weighted by molar-refractivity contribution is 5.95. The van der Waals surface area contributed by atoms with Gasteiger partial charge in [-0.25, -0.2) is 9.59 Å². The molecule has 1 aliphatic rings. The number of ether oxygens (including phenoxy) is 1. The number of amides is 2. The fourth-order valence-electron chi connectivity index (χ4n) is 2.76. The molecule has 1 aromatic rings. The average Bonchev–Trinajstić information content (AvgIpc) is 2.63. The number of nitrogens with zero attached hydrogens (tertiary/aromatic N) is 2. The molecule has 1 aromatic carbocycles. The van der Waals surface area contributed by atoms with Gasteiger partial charge in [-0.2, -0.15) is 0 Å². The van der Waals surface area contributed by atoms with E-state index in [9.17, 15) is 19.7 Å². The lowest BCUT2D eigenvalue weighted by atomic mass is 9.94. The molecule has 0 radical (unpaired) electrons. The van der Waals surface area contributed by atoms with Gasteiger partial charge in [-0.05, 0) is 18.9 Å². The second kappa shape index (κ2) is 8.46. The molecular weight excluding hydrogens is 338 g/mol. The fraction of sp³-hybridized carbons (Fsp3) is 0.444. The van der Waals surface area contributed by atoms with Crippen LogP contribution in [0.2, 0.25) is 0 Å². The van der Waals surface area contributed by atoms with Crippen molar-refractivity contribution in [3.63, 3.8) is 0 Å². The summed E-state index contributed by atoms with van der Waals surface area (Å²) in [7, 11) is 1.55. The molecule has 0 spiro atoms. The summed E-state index contributed by atoms with van der Waals surface area (Å²) in [5.74, 6) is -0.526. The summed E-state index contributed by atoms with van der Waals surface area (Å²) < 4.78 is 5.36. The Morgan fingerprint density at radius 1 is 1.38 bits per heavy atom. The molecule has 2 rings (SSSR count). The molecule has 0 aliphatic carbocycles. The van der Waals surface area contributed by atoms with E-state index >= 15 is 0 Å². The summed E-state index contributed by atoms with van der Waals surface area (Å²) in [6.07, 6.45) is 2.73. The van der Waals surface area contributed by atoms with Gasteiger partial charge in [0.25, 0.3) is 5.69 Å². The van der Waals surface area contributed by atoms with Gasteiger partial charge in [-0.15, -0.1) is 0 Å². The van der Waals surface area contributed by atoms with Crippen LogP contribution in [0.5, 0.6) is 0 Å². The first-order valence-electron chi connectivity index (χ1n) is 8.53. The number of unbranched alkanes of at least 4 members (excludes halogenated alkanes) is 2. The zero-order valence-electron chi connectivity index (χ0n) is 15.2. The molecule has 1 heterocycles. The Balaban J connectivity index is 2.35. The van der Waals surface area contributed by atoms with Crippen molar-refractivity contribution in [1.29, 1.82) is 0 Å². The van der Waals surface area contributed by atoms with Crippen LogP contribution in [0, 0.1) is 10.1 Å². The van der Waals surface area contributed by atoms with Gasteiger partial charge in [-0.1, -0.05) is 31.9 Å². The number of non-ortho nitro benzene ring substituents is 1. The fourth-order valence-corrected chi connectivity index (χ4v) is 2.76. The van der Waals surface area contributed by atoms with Gasteiger partial charge in [0.05, 0.1) is 23.1 Å². The molecule has 1 atom stereocenters. The van der Waals surface area contributed by atoms with Gasteiger partial charge < -0.3 is 15.0 Å². The molecule has 1 N–H and O–H groups in total. The van der Waals surface area contributed by atoms with Crippen LogP contribution in [0.15, 0.2) is 35.5 Å². The van der Waals surface area contributed by atoms with Crippen LogP contribution in [0.3, 0.4) is 0 Å². The normalized spacial score (nSPS) is 17.1. The third kappa shape index (κ3) is 4.19. The van der Waals surface area contributed by atoms with Crippen molar-refractivity contribution in [2.24, 2.45) is 0 Å². The number of nitro benzene ring substituents is 1. The van der Waals surface area contributed by atoms with Crippen molar-refractivity contribution in [2.45, 2.75) is 39.2 Å². The quantitative estimate of drug-likeness (QED) is 0.347. The molecule has 8 heteroatoms. The van der Waals surface area contributed by atoms with Crippen LogP contribution in [-0.2, 0) is 9.53 Å². The maximum Gasteiger partial charge on any atom is 0.338 e. The Hall–Kier alpha value is -2.90. The van der Waals surface area contributed by atoms with Crippen LogP contribution in [0.1, 0.15) is 44.7 Å². The second-order valence-electron chi connectivity index (χ2n) is 6.14. The maximum absolute atomic E-state index is 12.6. The van der Waals surface area contributed by atoms with Crippen LogP contribution >= 0.6 is 0 Å². The molecule has 0 fully saturated rings. The smallest absolute Gasteiger partial charge is 0.338 e. The molecule has 140 valence electrons. The summed E-state index contributed by atoms with van der Waals surface area (Å²) in [5.41, 5.74) is 1.10. The Kier molecular flexibility index (Phi) is 6.32. The van der Waals surface area contributed by atoms with Gasteiger partial charge in [0.1, 0.15) is 0 Å². The standard InChI is InChI=1S/C18H23N3O5/c1-4-5-6-10-26-17(22)15-12(2)20(3)18(23)19-16(15)13-8-7-9-14(11-13)21(24)25/h7-9,11,16H,4-6,10H2,1-3H3,(H,19,23). The minimum absolute atomic E-state index is 0.107. The average molecular weight is 361 g/mol. The zero-order chi connectivity index (χ0) is 19.3. The van der Waals surface area contributed by atoms with E-state index in [0.29, 0.717) is 17.9 Å². The molecule has 26 heavy (non-hydrogen) atoms. The van der Waals surface area contributed by atoms with Gasteiger partial charge in [0.15, 0.2) is 0 Å². The predicted molar refractivity (Wildman–Crippen MR) is 95.3 cm³/mol. The molecule has 0 aromatic heterocycles. The number of nitro groups is 1. The number of rotatable bonds is 7. The highest BCUT2D eigenvalue weighted by atomic mass is 16.6. The topological polar surface area (TPSA) is 102 Å². The first-order valence-corrected chi connectivity index (χ1v) is 8.53. The summed E-state index contributed by atoms with van der Waals surface area (Å²) in [6, 6.07) is 4.70. The van der Waals surface area contributed by atoms with E-state index in [-0.39, 0.29) is 17.3 Å². The number of carbonyl (C=O) groups is 2. The number of hydrogen-bond acceptors (Lipinski definition) is 5. The first kappa shape index (κ1) is 19.4. The lowest BCUT2D eigenvalue weighted by molar-refractivity contribution is -0.384. The zero-order valence-corrected chi connectivity index (χ0v) is 15.2. The number of allylic oxidation sites excluding steroid dienone is 1. The lowest BCUT2D eigenvalue weighted by Gasteiger charge is -2.33. The Morgan fingerprint density at radius 2 is 2.12 bits per heavy atom. The van der Waals surface area contributed by atoms with E-state index in [4.69, 9.17) is 4.74 Å². The van der Waals surface area contributed by atoms with E-state index in [1.807, 2.05) is 0 Å². The van der Waals surface area contributed by atoms with Crippen LogP contribution in [0.25, 0.3) is 0 Å². The number of carbonyl (C=O) groups excluding carboxylic acids is 2. The predicted octanol–water partition coefficient (Wildman–Crippen LogP) is 3.30. The van der Waals surface area contributed by atoms with Crippen LogP contribution in [-0.4, -0.2) is 35.5 Å². The second-order valence-corrected chi connectivity index (χ2v) is 6.14. The Bertz CT molecular complexity index is 744. The highest BCUT2D eigenvalue weighted by Crippen LogP contribution is 2.32. The summed E-state index contributed by atoms with van der Waals surface area (Å²) in [5, 5.41) is 13.8. The van der Waals surface area contributed by atoms with Gasteiger partial charge in [0, 0.05) is 24.9 Å². The molecule has 1 aliphatic heterocycles. The Morgan fingerprint density at radius 3 is 2.77 bits per heavy atom. The van der Waals surface area contributed by atoms with Crippen LogP contribution < -0.4 is 5.32 Å².